The Morgan fingerprint density at radius 3 is 2.78 bits per heavy atom. The number of benzene rings is 2. The van der Waals surface area contributed by atoms with Crippen molar-refractivity contribution in [3.63, 3.8) is 0 Å². The monoisotopic (exact) mass is 450 g/mol. The van der Waals surface area contributed by atoms with Gasteiger partial charge in [0.05, 0.1) is 18.6 Å². The Balaban J connectivity index is 1.52. The number of nitrogens with one attached hydrogen (secondary N) is 3. The van der Waals surface area contributed by atoms with Crippen LogP contribution in [0.15, 0.2) is 64.5 Å². The zero-order valence-electron chi connectivity index (χ0n) is 17.4. The Morgan fingerprint density at radius 1 is 1.19 bits per heavy atom. The number of aryl methyl sites for hydroxylation is 1. The number of hydrogen-bond donors (Lipinski definition) is 3. The lowest BCUT2D eigenvalue weighted by Crippen LogP contribution is -2.36. The van der Waals surface area contributed by atoms with Crippen LogP contribution in [-0.4, -0.2) is 34.6 Å². The van der Waals surface area contributed by atoms with Gasteiger partial charge in [-0.25, -0.2) is 4.98 Å². The molecule has 0 saturated carbocycles. The maximum absolute atomic E-state index is 12.9. The molecule has 0 fully saturated rings. The Bertz CT molecular complexity index is 1200. The standard InChI is InChI=1S/C23H22N4O4S/c1-31-16-9-5-8-15(12-16)24-21(29)17-13-18(28)25-20-19(17)22(30)27-23(26-20)32-11-10-14-6-3-2-4-7-14/h2-9,12,17H,10-11,13H2,1H3,(H,24,29)(H2,25,26,27,28,30)/t17-/m0/s1. The molecule has 1 aliphatic rings. The number of ether oxygens (including phenoxy) is 1. The van der Waals surface area contributed by atoms with Gasteiger partial charge >= 0.3 is 0 Å². The Kier molecular flexibility index (Phi) is 6.55. The van der Waals surface area contributed by atoms with Gasteiger partial charge < -0.3 is 20.4 Å². The molecule has 3 N–H and O–H groups in total. The number of anilines is 2. The van der Waals surface area contributed by atoms with E-state index in [2.05, 4.69) is 20.6 Å². The molecule has 0 unspecified atom stereocenters. The van der Waals surface area contributed by atoms with E-state index in [1.54, 1.807) is 24.3 Å². The molecule has 9 heteroatoms. The maximum Gasteiger partial charge on any atom is 0.257 e. The fourth-order valence-electron chi connectivity index (χ4n) is 3.48. The first-order valence-corrected chi connectivity index (χ1v) is 11.1. The van der Waals surface area contributed by atoms with Crippen LogP contribution in [0.1, 0.15) is 23.5 Å². The van der Waals surface area contributed by atoms with E-state index in [0.29, 0.717) is 22.3 Å². The molecule has 32 heavy (non-hydrogen) atoms. The molecule has 0 spiro atoms. The average Bonchev–Trinajstić information content (AvgIpc) is 2.79. The normalized spacial score (nSPS) is 14.9. The van der Waals surface area contributed by atoms with Gasteiger partial charge in [0.1, 0.15) is 11.6 Å². The molecule has 1 aliphatic heterocycles. The van der Waals surface area contributed by atoms with Crippen molar-refractivity contribution in [3.8, 4) is 5.75 Å². The predicted octanol–water partition coefficient (Wildman–Crippen LogP) is 3.18. The van der Waals surface area contributed by atoms with Crippen LogP contribution in [0, 0.1) is 0 Å². The van der Waals surface area contributed by atoms with Crippen molar-refractivity contribution in [1.82, 2.24) is 9.97 Å². The minimum absolute atomic E-state index is 0.131. The zero-order valence-corrected chi connectivity index (χ0v) is 18.2. The van der Waals surface area contributed by atoms with Crippen LogP contribution in [0.4, 0.5) is 11.5 Å². The number of aromatic amines is 1. The number of carbonyl (C=O) groups excluding carboxylic acids is 2. The molecular weight excluding hydrogens is 428 g/mol. The molecule has 4 rings (SSSR count). The number of thioether (sulfide) groups is 1. The summed E-state index contributed by atoms with van der Waals surface area (Å²) in [7, 11) is 1.53. The average molecular weight is 451 g/mol. The second-order valence-corrected chi connectivity index (χ2v) is 8.33. The summed E-state index contributed by atoms with van der Waals surface area (Å²) < 4.78 is 5.17. The molecule has 2 heterocycles. The Labute approximate surface area is 188 Å². The summed E-state index contributed by atoms with van der Waals surface area (Å²) in [6.07, 6.45) is 0.679. The van der Waals surface area contributed by atoms with Crippen LogP contribution < -0.4 is 20.9 Å². The van der Waals surface area contributed by atoms with Gasteiger partial charge in [-0.15, -0.1) is 0 Å². The largest absolute Gasteiger partial charge is 0.497 e. The summed E-state index contributed by atoms with van der Waals surface area (Å²) >= 11 is 1.39. The van der Waals surface area contributed by atoms with Gasteiger partial charge in [-0.2, -0.15) is 0 Å². The predicted molar refractivity (Wildman–Crippen MR) is 123 cm³/mol. The summed E-state index contributed by atoms with van der Waals surface area (Å²) in [6, 6.07) is 16.9. The number of fused-ring (bicyclic) bond motifs is 1. The lowest BCUT2D eigenvalue weighted by atomic mass is 9.92. The summed E-state index contributed by atoms with van der Waals surface area (Å²) in [5.41, 5.74) is 1.43. The van der Waals surface area contributed by atoms with Gasteiger partial charge in [0.2, 0.25) is 11.8 Å². The highest BCUT2D eigenvalue weighted by Crippen LogP contribution is 2.30. The van der Waals surface area contributed by atoms with Crippen molar-refractivity contribution in [1.29, 1.82) is 0 Å². The lowest BCUT2D eigenvalue weighted by molar-refractivity contribution is -0.123. The minimum atomic E-state index is -0.940. The molecule has 3 aromatic rings. The van der Waals surface area contributed by atoms with E-state index in [4.69, 9.17) is 4.74 Å². The molecule has 0 saturated heterocycles. The number of methoxy groups -OCH3 is 1. The molecule has 8 nitrogen and oxygen atoms in total. The molecular formula is C23H22N4O4S. The van der Waals surface area contributed by atoms with Crippen LogP contribution in [0.2, 0.25) is 0 Å². The second-order valence-electron chi connectivity index (χ2n) is 7.24. The molecule has 0 bridgehead atoms. The van der Waals surface area contributed by atoms with Gasteiger partial charge in [-0.1, -0.05) is 48.2 Å². The molecule has 164 valence electrons. The highest BCUT2D eigenvalue weighted by Gasteiger charge is 2.34. The first kappa shape index (κ1) is 21.6. The van der Waals surface area contributed by atoms with E-state index < -0.39 is 17.4 Å². The van der Waals surface area contributed by atoms with Crippen molar-refractivity contribution >= 4 is 35.1 Å². The smallest absolute Gasteiger partial charge is 0.257 e. The lowest BCUT2D eigenvalue weighted by Gasteiger charge is -2.23. The summed E-state index contributed by atoms with van der Waals surface area (Å²) in [4.78, 5) is 45.1. The summed E-state index contributed by atoms with van der Waals surface area (Å²) in [5, 5.41) is 5.79. The highest BCUT2D eigenvalue weighted by molar-refractivity contribution is 7.99. The molecule has 0 aliphatic carbocycles. The molecule has 1 atom stereocenters. The van der Waals surface area contributed by atoms with E-state index in [1.165, 1.54) is 24.4 Å². The van der Waals surface area contributed by atoms with Gasteiger partial charge in [-0.05, 0) is 24.1 Å². The van der Waals surface area contributed by atoms with Crippen molar-refractivity contribution in [2.75, 3.05) is 23.5 Å². The first-order chi connectivity index (χ1) is 15.5. The quantitative estimate of drug-likeness (QED) is 0.376. The van der Waals surface area contributed by atoms with Gasteiger partial charge in [0.15, 0.2) is 5.16 Å². The van der Waals surface area contributed by atoms with E-state index in [0.717, 1.165) is 6.42 Å². The topological polar surface area (TPSA) is 113 Å². The molecule has 1 aromatic heterocycles. The van der Waals surface area contributed by atoms with E-state index >= 15 is 0 Å². The molecule has 2 aromatic carbocycles. The molecule has 2 amide bonds. The van der Waals surface area contributed by atoms with Crippen molar-refractivity contribution in [2.24, 2.45) is 0 Å². The third-order valence-corrected chi connectivity index (χ3v) is 5.93. The van der Waals surface area contributed by atoms with E-state index in [1.807, 2.05) is 30.3 Å². The van der Waals surface area contributed by atoms with E-state index in [-0.39, 0.29) is 23.7 Å². The number of carbonyl (C=O) groups is 2. The van der Waals surface area contributed by atoms with Crippen LogP contribution in [0.25, 0.3) is 0 Å². The fourth-order valence-corrected chi connectivity index (χ4v) is 4.34. The number of H-pyrrole nitrogens is 1. The third-order valence-electron chi connectivity index (χ3n) is 5.06. The number of rotatable bonds is 7. The summed E-state index contributed by atoms with van der Waals surface area (Å²) in [5.74, 6) is -0.323. The van der Waals surface area contributed by atoms with Gasteiger partial charge in [-0.3, -0.25) is 14.4 Å². The van der Waals surface area contributed by atoms with E-state index in [9.17, 15) is 14.4 Å². The number of hydrogen-bond acceptors (Lipinski definition) is 6. The maximum atomic E-state index is 12.9. The van der Waals surface area contributed by atoms with Gasteiger partial charge in [0.25, 0.3) is 5.56 Å². The van der Waals surface area contributed by atoms with Crippen LogP contribution in [0.3, 0.4) is 0 Å². The van der Waals surface area contributed by atoms with Crippen LogP contribution in [-0.2, 0) is 16.0 Å². The number of amides is 2. The Hall–Kier alpha value is -3.59. The SMILES string of the molecule is COc1cccc(NC(=O)[C@H]2CC(=O)Nc3nc(SCCc4ccccc4)[nH]c(=O)c32)c1. The Morgan fingerprint density at radius 2 is 2.00 bits per heavy atom. The van der Waals surface area contributed by atoms with Crippen molar-refractivity contribution < 1.29 is 14.3 Å². The van der Waals surface area contributed by atoms with Crippen LogP contribution >= 0.6 is 11.8 Å². The summed E-state index contributed by atoms with van der Waals surface area (Å²) in [6.45, 7) is 0. The third kappa shape index (κ3) is 5.00. The fraction of sp³-hybridized carbons (Fsp3) is 0.217. The van der Waals surface area contributed by atoms with Crippen molar-refractivity contribution in [3.05, 3.63) is 76.1 Å². The second kappa shape index (κ2) is 9.69. The minimum Gasteiger partial charge on any atom is -0.497 e. The highest BCUT2D eigenvalue weighted by atomic mass is 32.2. The van der Waals surface area contributed by atoms with Crippen LogP contribution in [0.5, 0.6) is 5.75 Å². The zero-order chi connectivity index (χ0) is 22.5. The van der Waals surface area contributed by atoms with Crippen molar-refractivity contribution in [2.45, 2.75) is 23.9 Å². The number of nitrogens with zero attached hydrogens (tertiary/aromatic N) is 1. The first-order valence-electron chi connectivity index (χ1n) is 10.1. The number of aromatic nitrogens is 2. The van der Waals surface area contributed by atoms with Gasteiger partial charge in [0, 0.05) is 23.9 Å². The molecule has 0 radical (unpaired) electrons.